The van der Waals surface area contributed by atoms with Gasteiger partial charge in [0.25, 0.3) is 11.8 Å². The Morgan fingerprint density at radius 1 is 1.05 bits per heavy atom. The third-order valence-electron chi connectivity index (χ3n) is 5.55. The standard InChI is InChI=1S/C27H21ClN2O8S/c1-3-4-17-13-16(15-23(37-2)24(17)38-39(35,36)21-11-5-18(28)6-12-21)14-22-25(32)29-27(34)30(26(22)33)19-7-9-20(31)10-8-19/h3,5-15,31H,1,4H2,2H3,(H,29,32,34)/b22-14+. The molecular weight excluding hydrogens is 548 g/mol. The van der Waals surface area contributed by atoms with Gasteiger partial charge in [-0.05, 0) is 78.7 Å². The van der Waals surface area contributed by atoms with Crippen molar-refractivity contribution in [1.29, 1.82) is 0 Å². The summed E-state index contributed by atoms with van der Waals surface area (Å²) in [6.45, 7) is 3.69. The van der Waals surface area contributed by atoms with Crippen molar-refractivity contribution < 1.29 is 36.8 Å². The molecule has 39 heavy (non-hydrogen) atoms. The second-order valence-electron chi connectivity index (χ2n) is 8.17. The maximum Gasteiger partial charge on any atom is 0.339 e. The van der Waals surface area contributed by atoms with Gasteiger partial charge in [0.05, 0.1) is 12.8 Å². The number of phenolic OH excluding ortho intramolecular Hbond substituents is 1. The molecule has 10 nitrogen and oxygen atoms in total. The number of carbonyl (C=O) groups excluding carboxylic acids is 3. The summed E-state index contributed by atoms with van der Waals surface area (Å²) in [5.41, 5.74) is 0.397. The van der Waals surface area contributed by atoms with Crippen molar-refractivity contribution in [2.24, 2.45) is 0 Å². The van der Waals surface area contributed by atoms with E-state index in [2.05, 4.69) is 11.9 Å². The van der Waals surface area contributed by atoms with Gasteiger partial charge < -0.3 is 14.0 Å². The van der Waals surface area contributed by atoms with Crippen LogP contribution in [-0.4, -0.2) is 38.5 Å². The van der Waals surface area contributed by atoms with Crippen LogP contribution >= 0.6 is 11.6 Å². The van der Waals surface area contributed by atoms with Crippen LogP contribution in [0.4, 0.5) is 10.5 Å². The van der Waals surface area contributed by atoms with Crippen LogP contribution < -0.4 is 19.1 Å². The highest BCUT2D eigenvalue weighted by atomic mass is 35.5. The smallest absolute Gasteiger partial charge is 0.339 e. The van der Waals surface area contributed by atoms with Crippen LogP contribution in [0.25, 0.3) is 6.08 Å². The molecule has 1 aliphatic rings. The number of anilines is 1. The monoisotopic (exact) mass is 568 g/mol. The molecule has 0 radical (unpaired) electrons. The average Bonchev–Trinajstić information content (AvgIpc) is 2.89. The molecule has 1 saturated heterocycles. The summed E-state index contributed by atoms with van der Waals surface area (Å²) >= 11 is 5.86. The Morgan fingerprint density at radius 2 is 1.72 bits per heavy atom. The summed E-state index contributed by atoms with van der Waals surface area (Å²) in [5, 5.41) is 12.0. The Bertz CT molecular complexity index is 1610. The maximum atomic E-state index is 13.2. The van der Waals surface area contributed by atoms with E-state index in [0.717, 1.165) is 4.90 Å². The summed E-state index contributed by atoms with van der Waals surface area (Å²) < 4.78 is 36.7. The predicted octanol–water partition coefficient (Wildman–Crippen LogP) is 4.22. The third-order valence-corrected chi connectivity index (χ3v) is 7.04. The zero-order valence-corrected chi connectivity index (χ0v) is 22.0. The van der Waals surface area contributed by atoms with E-state index in [9.17, 15) is 27.9 Å². The molecule has 0 unspecified atom stereocenters. The number of allylic oxidation sites excluding steroid dienone is 1. The lowest BCUT2D eigenvalue weighted by atomic mass is 10.0. The van der Waals surface area contributed by atoms with E-state index in [1.165, 1.54) is 79.9 Å². The van der Waals surface area contributed by atoms with Crippen molar-refractivity contribution >= 4 is 51.3 Å². The van der Waals surface area contributed by atoms with Gasteiger partial charge >= 0.3 is 16.1 Å². The summed E-state index contributed by atoms with van der Waals surface area (Å²) in [5.74, 6) is -1.99. The number of urea groups is 1. The number of hydrogen-bond acceptors (Lipinski definition) is 8. The maximum absolute atomic E-state index is 13.2. The molecule has 3 aromatic carbocycles. The molecule has 2 N–H and O–H groups in total. The first-order valence-corrected chi connectivity index (χ1v) is 13.0. The number of imide groups is 2. The van der Waals surface area contributed by atoms with Gasteiger partial charge in [-0.3, -0.25) is 14.9 Å². The van der Waals surface area contributed by atoms with Crippen LogP contribution in [0.2, 0.25) is 5.02 Å². The molecule has 1 fully saturated rings. The van der Waals surface area contributed by atoms with Gasteiger partial charge in [-0.1, -0.05) is 17.7 Å². The minimum Gasteiger partial charge on any atom is -0.508 e. The van der Waals surface area contributed by atoms with Gasteiger partial charge in [0, 0.05) is 10.6 Å². The first kappa shape index (κ1) is 27.4. The number of halogens is 1. The number of phenols is 1. The van der Waals surface area contributed by atoms with Gasteiger partial charge in [0.15, 0.2) is 11.5 Å². The molecule has 3 aromatic rings. The van der Waals surface area contributed by atoms with Crippen molar-refractivity contribution in [3.63, 3.8) is 0 Å². The Morgan fingerprint density at radius 3 is 2.33 bits per heavy atom. The van der Waals surface area contributed by atoms with E-state index >= 15 is 0 Å². The van der Waals surface area contributed by atoms with Gasteiger partial charge in [-0.25, -0.2) is 9.69 Å². The molecular formula is C27H21ClN2O8S. The summed E-state index contributed by atoms with van der Waals surface area (Å²) in [7, 11) is -2.98. The Kier molecular flexibility index (Phi) is 7.75. The van der Waals surface area contributed by atoms with Gasteiger partial charge in [0.2, 0.25) is 0 Å². The van der Waals surface area contributed by atoms with Crippen LogP contribution in [0.1, 0.15) is 11.1 Å². The first-order valence-electron chi connectivity index (χ1n) is 11.3. The molecule has 0 aliphatic carbocycles. The lowest BCUT2D eigenvalue weighted by molar-refractivity contribution is -0.122. The largest absolute Gasteiger partial charge is 0.508 e. The van der Waals surface area contributed by atoms with Gasteiger partial charge in [-0.15, -0.1) is 6.58 Å². The molecule has 0 atom stereocenters. The second-order valence-corrected chi connectivity index (χ2v) is 10.2. The Hall–Kier alpha value is -4.61. The first-order chi connectivity index (χ1) is 18.5. The van der Waals surface area contributed by atoms with E-state index in [0.29, 0.717) is 16.1 Å². The lowest BCUT2D eigenvalue weighted by Gasteiger charge is -2.26. The van der Waals surface area contributed by atoms with Crippen molar-refractivity contribution in [2.75, 3.05) is 12.0 Å². The number of amides is 4. The molecule has 1 heterocycles. The number of ether oxygens (including phenoxy) is 1. The van der Waals surface area contributed by atoms with Crippen molar-refractivity contribution in [2.45, 2.75) is 11.3 Å². The zero-order valence-electron chi connectivity index (χ0n) is 20.4. The van der Waals surface area contributed by atoms with Crippen molar-refractivity contribution in [1.82, 2.24) is 5.32 Å². The van der Waals surface area contributed by atoms with E-state index in [-0.39, 0.29) is 39.8 Å². The lowest BCUT2D eigenvalue weighted by Crippen LogP contribution is -2.54. The van der Waals surface area contributed by atoms with Gasteiger partial charge in [-0.2, -0.15) is 8.42 Å². The summed E-state index contributed by atoms with van der Waals surface area (Å²) in [6, 6.07) is 12.6. The minimum absolute atomic E-state index is 0.00822. The molecule has 0 spiro atoms. The number of benzene rings is 3. The number of nitrogens with one attached hydrogen (secondary N) is 1. The second kappa shape index (κ2) is 11.0. The van der Waals surface area contributed by atoms with Gasteiger partial charge in [0.1, 0.15) is 16.2 Å². The van der Waals surface area contributed by atoms with E-state index in [1.54, 1.807) is 0 Å². The highest BCUT2D eigenvalue weighted by Crippen LogP contribution is 2.37. The van der Waals surface area contributed by atoms with E-state index < -0.39 is 28.0 Å². The topological polar surface area (TPSA) is 139 Å². The van der Waals surface area contributed by atoms with Crippen LogP contribution in [0.15, 0.2) is 83.8 Å². The summed E-state index contributed by atoms with van der Waals surface area (Å²) in [6.07, 6.45) is 2.90. The number of barbiturate groups is 1. The quantitative estimate of drug-likeness (QED) is 0.178. The fraction of sp³-hybridized carbons (Fsp3) is 0.0741. The Balaban J connectivity index is 1.76. The third kappa shape index (κ3) is 5.79. The van der Waals surface area contributed by atoms with Crippen molar-refractivity contribution in [3.05, 3.63) is 95.0 Å². The molecule has 4 rings (SSSR count). The SMILES string of the molecule is C=CCc1cc(/C=C2\C(=O)NC(=O)N(c3ccc(O)cc3)C2=O)cc(OC)c1OS(=O)(=O)c1ccc(Cl)cc1. The summed E-state index contributed by atoms with van der Waals surface area (Å²) in [4.78, 5) is 38.8. The van der Waals surface area contributed by atoms with Crippen LogP contribution in [0.5, 0.6) is 17.2 Å². The molecule has 1 aliphatic heterocycles. The van der Waals surface area contributed by atoms with Crippen LogP contribution in [0.3, 0.4) is 0 Å². The minimum atomic E-state index is -4.28. The number of rotatable bonds is 8. The molecule has 200 valence electrons. The number of aromatic hydroxyl groups is 1. The molecule has 0 aromatic heterocycles. The molecule has 4 amide bonds. The Labute approximate surface area is 228 Å². The zero-order chi connectivity index (χ0) is 28.3. The molecule has 12 heteroatoms. The van der Waals surface area contributed by atoms with Crippen molar-refractivity contribution in [3.8, 4) is 17.2 Å². The van der Waals surface area contributed by atoms with E-state index in [1.807, 2.05) is 0 Å². The molecule has 0 saturated carbocycles. The number of nitrogens with zero attached hydrogens (tertiary/aromatic N) is 1. The molecule has 0 bridgehead atoms. The number of hydrogen-bond donors (Lipinski definition) is 2. The normalized spacial score (nSPS) is 14.8. The fourth-order valence-electron chi connectivity index (χ4n) is 3.74. The number of methoxy groups -OCH3 is 1. The highest BCUT2D eigenvalue weighted by molar-refractivity contribution is 7.87. The van der Waals surface area contributed by atoms with Crippen LogP contribution in [-0.2, 0) is 26.1 Å². The fourth-order valence-corrected chi connectivity index (χ4v) is 4.84. The predicted molar refractivity (Wildman–Crippen MR) is 143 cm³/mol. The van der Waals surface area contributed by atoms with Crippen LogP contribution in [0, 0.1) is 0 Å². The number of carbonyl (C=O) groups is 3. The highest BCUT2D eigenvalue weighted by Gasteiger charge is 2.37. The average molecular weight is 569 g/mol. The van der Waals surface area contributed by atoms with E-state index in [4.69, 9.17) is 20.5 Å².